The van der Waals surface area contributed by atoms with Gasteiger partial charge >= 0.3 is 0 Å². The first-order valence-corrected chi connectivity index (χ1v) is 7.57. The van der Waals surface area contributed by atoms with Gasteiger partial charge in [-0.15, -0.1) is 11.3 Å². The van der Waals surface area contributed by atoms with Gasteiger partial charge in [0.15, 0.2) is 0 Å². The highest BCUT2D eigenvalue weighted by molar-refractivity contribution is 9.11. The largest absolute Gasteiger partial charge is 0.324 e. The maximum Gasteiger partial charge on any atom is 0.0701 e. The summed E-state index contributed by atoms with van der Waals surface area (Å²) in [6.07, 6.45) is 6.06. The van der Waals surface area contributed by atoms with Crippen LogP contribution in [0, 0.1) is 5.41 Å². The molecule has 2 rings (SSSR count). The third-order valence-electron chi connectivity index (χ3n) is 4.14. The Morgan fingerprint density at radius 2 is 2.00 bits per heavy atom. The van der Waals surface area contributed by atoms with Crippen molar-refractivity contribution in [1.82, 2.24) is 0 Å². The van der Waals surface area contributed by atoms with E-state index in [0.717, 1.165) is 12.8 Å². The number of rotatable bonds is 2. The highest BCUT2D eigenvalue weighted by Crippen LogP contribution is 2.44. The summed E-state index contributed by atoms with van der Waals surface area (Å²) in [5.74, 6) is 0. The molecule has 1 saturated carbocycles. The Balaban J connectivity index is 2.17. The second-order valence-corrected chi connectivity index (χ2v) is 8.18. The minimum absolute atomic E-state index is 0.0183. The van der Waals surface area contributed by atoms with Crippen LogP contribution in [-0.4, -0.2) is 5.54 Å². The fourth-order valence-electron chi connectivity index (χ4n) is 2.68. The molecule has 0 amide bonds. The Morgan fingerprint density at radius 3 is 2.56 bits per heavy atom. The molecule has 1 aliphatic carbocycles. The van der Waals surface area contributed by atoms with Crippen LogP contribution in [0.1, 0.15) is 44.4 Å². The molecule has 1 aliphatic rings. The van der Waals surface area contributed by atoms with Crippen LogP contribution in [-0.2, 0) is 6.42 Å². The van der Waals surface area contributed by atoms with E-state index in [9.17, 15) is 0 Å². The standard InChI is InChI=1S/C13H20BrNS/c1-12(2)7-3-4-8-13(12,15)9-10-5-6-11(14)16-10/h5-6H,3-4,7-9,15H2,1-2H3. The van der Waals surface area contributed by atoms with Crippen LogP contribution in [0.15, 0.2) is 15.9 Å². The van der Waals surface area contributed by atoms with E-state index < -0.39 is 0 Å². The van der Waals surface area contributed by atoms with Crippen LogP contribution in [0.3, 0.4) is 0 Å². The molecule has 1 heterocycles. The number of halogens is 1. The van der Waals surface area contributed by atoms with Crippen molar-refractivity contribution in [3.05, 3.63) is 20.8 Å². The first kappa shape index (κ1) is 12.6. The van der Waals surface area contributed by atoms with Crippen molar-refractivity contribution in [3.63, 3.8) is 0 Å². The molecule has 1 fully saturated rings. The van der Waals surface area contributed by atoms with E-state index in [4.69, 9.17) is 5.73 Å². The fourth-order valence-corrected chi connectivity index (χ4v) is 4.29. The molecule has 3 heteroatoms. The van der Waals surface area contributed by atoms with E-state index in [-0.39, 0.29) is 11.0 Å². The minimum atomic E-state index is -0.0183. The topological polar surface area (TPSA) is 26.0 Å². The van der Waals surface area contributed by atoms with Gasteiger partial charge in [-0.25, -0.2) is 0 Å². The molecule has 0 radical (unpaired) electrons. The number of thiophene rings is 1. The normalized spacial score (nSPS) is 29.2. The average Bonchev–Trinajstić information content (AvgIpc) is 2.57. The fraction of sp³-hybridized carbons (Fsp3) is 0.692. The smallest absolute Gasteiger partial charge is 0.0701 e. The SMILES string of the molecule is CC1(C)CCCCC1(N)Cc1ccc(Br)s1. The highest BCUT2D eigenvalue weighted by atomic mass is 79.9. The molecule has 1 aromatic rings. The summed E-state index contributed by atoms with van der Waals surface area (Å²) in [6, 6.07) is 4.33. The Bertz CT molecular complexity index is 372. The lowest BCUT2D eigenvalue weighted by molar-refractivity contribution is 0.0998. The van der Waals surface area contributed by atoms with Gasteiger partial charge in [0.2, 0.25) is 0 Å². The van der Waals surface area contributed by atoms with Gasteiger partial charge in [0.1, 0.15) is 0 Å². The first-order chi connectivity index (χ1) is 7.43. The van der Waals surface area contributed by atoms with Gasteiger partial charge in [-0.1, -0.05) is 26.7 Å². The van der Waals surface area contributed by atoms with E-state index in [1.807, 2.05) is 11.3 Å². The minimum Gasteiger partial charge on any atom is -0.324 e. The highest BCUT2D eigenvalue weighted by Gasteiger charge is 2.43. The quantitative estimate of drug-likeness (QED) is 0.863. The average molecular weight is 302 g/mol. The van der Waals surface area contributed by atoms with E-state index in [1.165, 1.54) is 27.9 Å². The van der Waals surface area contributed by atoms with Gasteiger partial charge in [0.05, 0.1) is 3.79 Å². The first-order valence-electron chi connectivity index (χ1n) is 5.96. The zero-order valence-electron chi connectivity index (χ0n) is 10.1. The summed E-state index contributed by atoms with van der Waals surface area (Å²) in [7, 11) is 0. The maximum atomic E-state index is 6.67. The summed E-state index contributed by atoms with van der Waals surface area (Å²) < 4.78 is 1.21. The Labute approximate surface area is 111 Å². The molecule has 0 bridgehead atoms. The van der Waals surface area contributed by atoms with Crippen LogP contribution in [0.4, 0.5) is 0 Å². The Kier molecular flexibility index (Phi) is 3.49. The third kappa shape index (κ3) is 2.36. The van der Waals surface area contributed by atoms with Gasteiger partial charge in [0.25, 0.3) is 0 Å². The lowest BCUT2D eigenvalue weighted by Gasteiger charge is -2.48. The van der Waals surface area contributed by atoms with Crippen LogP contribution >= 0.6 is 27.3 Å². The molecule has 1 aromatic heterocycles. The summed E-state index contributed by atoms with van der Waals surface area (Å²) >= 11 is 5.34. The number of nitrogens with two attached hydrogens (primary N) is 1. The van der Waals surface area contributed by atoms with Crippen molar-refractivity contribution in [2.75, 3.05) is 0 Å². The molecular formula is C13H20BrNS. The van der Waals surface area contributed by atoms with Crippen molar-refractivity contribution in [1.29, 1.82) is 0 Å². The van der Waals surface area contributed by atoms with Crippen molar-refractivity contribution in [2.45, 2.75) is 51.5 Å². The van der Waals surface area contributed by atoms with Crippen LogP contribution in [0.5, 0.6) is 0 Å². The molecule has 0 saturated heterocycles. The van der Waals surface area contributed by atoms with Gasteiger partial charge < -0.3 is 5.73 Å². The van der Waals surface area contributed by atoms with Crippen LogP contribution in [0.2, 0.25) is 0 Å². The summed E-state index contributed by atoms with van der Waals surface area (Å²) in [4.78, 5) is 1.41. The molecule has 16 heavy (non-hydrogen) atoms. The van der Waals surface area contributed by atoms with Gasteiger partial charge in [-0.3, -0.25) is 0 Å². The van der Waals surface area contributed by atoms with Crippen molar-refractivity contribution >= 4 is 27.3 Å². The van der Waals surface area contributed by atoms with Gasteiger partial charge in [0, 0.05) is 16.8 Å². The van der Waals surface area contributed by atoms with Crippen molar-refractivity contribution < 1.29 is 0 Å². The predicted octanol–water partition coefficient (Wildman–Crippen LogP) is 4.35. The molecule has 1 unspecified atom stereocenters. The van der Waals surface area contributed by atoms with E-state index >= 15 is 0 Å². The summed E-state index contributed by atoms with van der Waals surface area (Å²) in [6.45, 7) is 4.66. The molecule has 2 N–H and O–H groups in total. The Hall–Kier alpha value is 0.140. The van der Waals surface area contributed by atoms with Crippen LogP contribution < -0.4 is 5.73 Å². The van der Waals surface area contributed by atoms with E-state index in [1.54, 1.807) is 0 Å². The number of hydrogen-bond acceptors (Lipinski definition) is 2. The maximum absolute atomic E-state index is 6.67. The monoisotopic (exact) mass is 301 g/mol. The zero-order chi connectivity index (χ0) is 11.8. The molecule has 1 atom stereocenters. The van der Waals surface area contributed by atoms with E-state index in [2.05, 4.69) is 41.9 Å². The molecule has 90 valence electrons. The summed E-state index contributed by atoms with van der Waals surface area (Å²) in [5, 5.41) is 0. The molecule has 0 aliphatic heterocycles. The lowest BCUT2D eigenvalue weighted by atomic mass is 9.62. The predicted molar refractivity (Wildman–Crippen MR) is 74.9 cm³/mol. The molecular weight excluding hydrogens is 282 g/mol. The number of hydrogen-bond donors (Lipinski definition) is 1. The van der Waals surface area contributed by atoms with Gasteiger partial charge in [-0.05, 0) is 46.3 Å². The van der Waals surface area contributed by atoms with Gasteiger partial charge in [-0.2, -0.15) is 0 Å². The second-order valence-electron chi connectivity index (χ2n) is 5.63. The summed E-state index contributed by atoms with van der Waals surface area (Å²) in [5.41, 5.74) is 6.92. The zero-order valence-corrected chi connectivity index (χ0v) is 12.5. The molecule has 0 spiro atoms. The molecule has 1 nitrogen and oxygen atoms in total. The second kappa shape index (κ2) is 4.43. The van der Waals surface area contributed by atoms with Crippen LogP contribution in [0.25, 0.3) is 0 Å². The third-order valence-corrected chi connectivity index (χ3v) is 5.76. The molecule has 0 aromatic carbocycles. The van der Waals surface area contributed by atoms with Crippen molar-refractivity contribution in [3.8, 4) is 0 Å². The Morgan fingerprint density at radius 1 is 1.31 bits per heavy atom. The van der Waals surface area contributed by atoms with E-state index in [0.29, 0.717) is 0 Å². The lowest BCUT2D eigenvalue weighted by Crippen LogP contribution is -2.56. The van der Waals surface area contributed by atoms with Crippen molar-refractivity contribution in [2.24, 2.45) is 11.1 Å².